The zero-order valence-electron chi connectivity index (χ0n) is 6.75. The van der Waals surface area contributed by atoms with Crippen molar-refractivity contribution in [3.63, 3.8) is 0 Å². The number of hydrogen-bond acceptors (Lipinski definition) is 3. The molecule has 1 nitrogen and oxygen atoms in total. The molecule has 4 heteroatoms. The molecule has 0 saturated heterocycles. The second kappa shape index (κ2) is 3.40. The lowest BCUT2D eigenvalue weighted by Crippen LogP contribution is -1.77. The Labute approximate surface area is 90.9 Å². The van der Waals surface area contributed by atoms with E-state index < -0.39 is 0 Å². The Hall–Kier alpha value is -0.380. The summed E-state index contributed by atoms with van der Waals surface area (Å²) in [6.45, 7) is 0. The van der Waals surface area contributed by atoms with Crippen LogP contribution in [0, 0.1) is 0 Å². The summed E-state index contributed by atoms with van der Waals surface area (Å²) in [6.07, 6.45) is 0. The zero-order valence-corrected chi connectivity index (χ0v) is 9.22. The molecule has 0 atom stereocenters. The lowest BCUT2D eigenvalue weighted by atomic mass is 10.2. The molecule has 0 saturated carbocycles. The molecule has 0 aliphatic carbocycles. The Bertz CT molecular complexity index is 450. The van der Waals surface area contributed by atoms with Gasteiger partial charge in [-0.3, -0.25) is 0 Å². The molecule has 1 heterocycles. The topological polar surface area (TPSA) is 26.0 Å². The van der Waals surface area contributed by atoms with E-state index in [9.17, 15) is 0 Å². The van der Waals surface area contributed by atoms with Gasteiger partial charge in [-0.05, 0) is 29.1 Å². The highest BCUT2D eigenvalue weighted by molar-refractivity contribution is 7.80. The molecule has 0 bridgehead atoms. The maximum atomic E-state index is 5.74. The maximum absolute atomic E-state index is 5.74. The van der Waals surface area contributed by atoms with Gasteiger partial charge in [-0.1, -0.05) is 0 Å². The number of nitrogen functional groups attached to an aromatic ring is 1. The smallest absolute Gasteiger partial charge is 0.0869 e. The van der Waals surface area contributed by atoms with Crippen LogP contribution in [-0.4, -0.2) is 0 Å². The van der Waals surface area contributed by atoms with Crippen molar-refractivity contribution < 1.29 is 0 Å². The van der Waals surface area contributed by atoms with Crippen LogP contribution in [0.4, 0.5) is 5.00 Å². The third kappa shape index (κ3) is 1.64. The summed E-state index contributed by atoms with van der Waals surface area (Å²) in [5, 5.41) is 1.95. The van der Waals surface area contributed by atoms with Crippen LogP contribution >= 0.6 is 35.6 Å². The van der Waals surface area contributed by atoms with Crippen LogP contribution in [-0.2, 0) is 5.88 Å². The largest absolute Gasteiger partial charge is 0.391 e. The molecule has 0 unspecified atom stereocenters. The fraction of sp³-hybridized carbons (Fsp3) is 0.111. The van der Waals surface area contributed by atoms with Crippen LogP contribution in [0.3, 0.4) is 0 Å². The molecule has 2 N–H and O–H groups in total. The molecule has 1 aromatic carbocycles. The fourth-order valence-corrected chi connectivity index (χ4v) is 2.70. The number of thiophene rings is 1. The van der Waals surface area contributed by atoms with Crippen molar-refractivity contribution in [2.24, 2.45) is 0 Å². The number of nitrogens with two attached hydrogens (primary N) is 1. The standard InChI is InChI=1S/C9H8ClNS2/c10-4-5-1-6-3-8(11)13-9(6)7(12)2-5/h1-3,12H,4,11H2. The number of halogens is 1. The SMILES string of the molecule is Nc1cc2cc(CCl)cc(S)c2s1. The average Bonchev–Trinajstić information content (AvgIpc) is 2.46. The summed E-state index contributed by atoms with van der Waals surface area (Å²) in [4.78, 5) is 0.954. The van der Waals surface area contributed by atoms with E-state index in [1.165, 1.54) is 0 Å². The average molecular weight is 230 g/mol. The van der Waals surface area contributed by atoms with Gasteiger partial charge in [-0.25, -0.2) is 0 Å². The highest BCUT2D eigenvalue weighted by atomic mass is 35.5. The van der Waals surface area contributed by atoms with Crippen LogP contribution in [0.1, 0.15) is 5.56 Å². The lowest BCUT2D eigenvalue weighted by Gasteiger charge is -1.98. The van der Waals surface area contributed by atoms with Crippen molar-refractivity contribution in [3.8, 4) is 0 Å². The summed E-state index contributed by atoms with van der Waals surface area (Å²) in [5.74, 6) is 0.513. The number of rotatable bonds is 1. The van der Waals surface area contributed by atoms with Crippen molar-refractivity contribution >= 4 is 50.7 Å². The number of alkyl halides is 1. The van der Waals surface area contributed by atoms with Crippen molar-refractivity contribution in [1.82, 2.24) is 0 Å². The third-order valence-corrected chi connectivity index (χ3v) is 3.66. The van der Waals surface area contributed by atoms with Crippen molar-refractivity contribution in [1.29, 1.82) is 0 Å². The summed E-state index contributed by atoms with van der Waals surface area (Å²) < 4.78 is 1.13. The molecular weight excluding hydrogens is 222 g/mol. The predicted octanol–water partition coefficient (Wildman–Crippen LogP) is 3.51. The lowest BCUT2D eigenvalue weighted by molar-refractivity contribution is 1.38. The van der Waals surface area contributed by atoms with Gasteiger partial charge in [-0.15, -0.1) is 35.6 Å². The van der Waals surface area contributed by atoms with Gasteiger partial charge in [0.2, 0.25) is 0 Å². The minimum atomic E-state index is 0.513. The van der Waals surface area contributed by atoms with Gasteiger partial charge in [0.05, 0.1) is 5.00 Å². The normalized spacial score (nSPS) is 10.9. The van der Waals surface area contributed by atoms with E-state index in [-0.39, 0.29) is 0 Å². The van der Waals surface area contributed by atoms with Gasteiger partial charge in [0.15, 0.2) is 0 Å². The van der Waals surface area contributed by atoms with Gasteiger partial charge in [0, 0.05) is 15.5 Å². The number of benzene rings is 1. The van der Waals surface area contributed by atoms with E-state index in [2.05, 4.69) is 18.7 Å². The Kier molecular flexibility index (Phi) is 2.41. The van der Waals surface area contributed by atoms with Gasteiger partial charge < -0.3 is 5.73 Å². The van der Waals surface area contributed by atoms with Crippen molar-refractivity contribution in [2.75, 3.05) is 5.73 Å². The minimum absolute atomic E-state index is 0.513. The van der Waals surface area contributed by atoms with Crippen LogP contribution in [0.15, 0.2) is 23.1 Å². The molecule has 2 rings (SSSR count). The summed E-state index contributed by atoms with van der Waals surface area (Å²) in [6, 6.07) is 5.99. The number of hydrogen-bond donors (Lipinski definition) is 2. The van der Waals surface area contributed by atoms with Crippen LogP contribution in [0.2, 0.25) is 0 Å². The molecule has 68 valence electrons. The fourth-order valence-electron chi connectivity index (χ4n) is 1.29. The van der Waals surface area contributed by atoms with Crippen LogP contribution in [0.5, 0.6) is 0 Å². The molecule has 1 aromatic heterocycles. The number of thiol groups is 1. The van der Waals surface area contributed by atoms with E-state index in [0.717, 1.165) is 25.5 Å². The van der Waals surface area contributed by atoms with Gasteiger partial charge >= 0.3 is 0 Å². The Morgan fingerprint density at radius 2 is 2.15 bits per heavy atom. The highest BCUT2D eigenvalue weighted by Gasteiger charge is 2.04. The Morgan fingerprint density at radius 3 is 2.85 bits per heavy atom. The number of fused-ring (bicyclic) bond motifs is 1. The third-order valence-electron chi connectivity index (χ3n) is 1.83. The molecule has 0 fully saturated rings. The van der Waals surface area contributed by atoms with Crippen LogP contribution < -0.4 is 5.73 Å². The quantitative estimate of drug-likeness (QED) is 0.568. The van der Waals surface area contributed by atoms with E-state index >= 15 is 0 Å². The van der Waals surface area contributed by atoms with Gasteiger partial charge in [-0.2, -0.15) is 0 Å². The Morgan fingerprint density at radius 1 is 1.38 bits per heavy atom. The van der Waals surface area contributed by atoms with E-state index in [1.807, 2.05) is 12.1 Å². The van der Waals surface area contributed by atoms with E-state index in [0.29, 0.717) is 5.88 Å². The van der Waals surface area contributed by atoms with E-state index in [4.69, 9.17) is 17.3 Å². The second-order valence-corrected chi connectivity index (χ2v) is 4.65. The molecule has 0 aliphatic heterocycles. The predicted molar refractivity (Wildman–Crippen MR) is 63.0 cm³/mol. The first-order chi connectivity index (χ1) is 6.20. The van der Waals surface area contributed by atoms with Crippen molar-refractivity contribution in [3.05, 3.63) is 23.8 Å². The summed E-state index contributed by atoms with van der Waals surface area (Å²) >= 11 is 11.7. The summed E-state index contributed by atoms with van der Waals surface area (Å²) in [5.41, 5.74) is 6.78. The molecule has 2 aromatic rings. The molecule has 0 amide bonds. The van der Waals surface area contributed by atoms with Crippen LogP contribution in [0.25, 0.3) is 10.1 Å². The number of anilines is 1. The first kappa shape index (κ1) is 9.19. The first-order valence-corrected chi connectivity index (χ1v) is 5.57. The zero-order chi connectivity index (χ0) is 9.42. The van der Waals surface area contributed by atoms with Gasteiger partial charge in [0.25, 0.3) is 0 Å². The monoisotopic (exact) mass is 229 g/mol. The highest BCUT2D eigenvalue weighted by Crippen LogP contribution is 2.33. The van der Waals surface area contributed by atoms with Crippen molar-refractivity contribution in [2.45, 2.75) is 10.8 Å². The minimum Gasteiger partial charge on any atom is -0.391 e. The second-order valence-electron chi connectivity index (χ2n) is 2.82. The summed E-state index contributed by atoms with van der Waals surface area (Å²) in [7, 11) is 0. The molecule has 13 heavy (non-hydrogen) atoms. The molecular formula is C9H8ClNS2. The van der Waals surface area contributed by atoms with E-state index in [1.54, 1.807) is 11.3 Å². The van der Waals surface area contributed by atoms with Gasteiger partial charge in [0.1, 0.15) is 0 Å². The first-order valence-electron chi connectivity index (χ1n) is 3.77. The molecule has 0 aliphatic rings. The maximum Gasteiger partial charge on any atom is 0.0869 e. The Balaban J connectivity index is 2.75. The molecule has 0 spiro atoms. The molecule has 0 radical (unpaired) electrons.